The summed E-state index contributed by atoms with van der Waals surface area (Å²) in [6, 6.07) is 9.49. The number of fused-ring (bicyclic) bond motifs is 1. The Morgan fingerprint density at radius 3 is 2.55 bits per heavy atom. The molecule has 1 heterocycles. The smallest absolute Gasteiger partial charge is 0.337 e. The molecule has 1 atom stereocenters. The highest BCUT2D eigenvalue weighted by Gasteiger charge is 2.28. The summed E-state index contributed by atoms with van der Waals surface area (Å²) >= 11 is 0. The Morgan fingerprint density at radius 2 is 1.95 bits per heavy atom. The number of carbonyl (C=O) groups is 1. The molecule has 0 radical (unpaired) electrons. The predicted octanol–water partition coefficient (Wildman–Crippen LogP) is 3.48. The summed E-state index contributed by atoms with van der Waals surface area (Å²) in [5.41, 5.74) is 1.60. The SMILES string of the molecule is Cc1nc2ccccc2cc1[C@H](OC(C)(C)C)C(=O)O. The van der Waals surface area contributed by atoms with Crippen LogP contribution in [0.3, 0.4) is 0 Å². The lowest BCUT2D eigenvalue weighted by Crippen LogP contribution is -2.28. The molecule has 4 nitrogen and oxygen atoms in total. The summed E-state index contributed by atoms with van der Waals surface area (Å²) in [6.07, 6.45) is -1.01. The van der Waals surface area contributed by atoms with Crippen molar-refractivity contribution in [3.63, 3.8) is 0 Å². The molecule has 1 aromatic carbocycles. The lowest BCUT2D eigenvalue weighted by atomic mass is 10.0. The first-order chi connectivity index (χ1) is 9.28. The van der Waals surface area contributed by atoms with Gasteiger partial charge in [0.1, 0.15) is 0 Å². The number of benzene rings is 1. The minimum Gasteiger partial charge on any atom is -0.479 e. The Kier molecular flexibility index (Phi) is 3.77. The molecule has 1 aromatic heterocycles. The topological polar surface area (TPSA) is 59.4 Å². The maximum Gasteiger partial charge on any atom is 0.337 e. The Balaban J connectivity index is 2.53. The van der Waals surface area contributed by atoms with Crippen LogP contribution in [0.4, 0.5) is 0 Å². The first-order valence-corrected chi connectivity index (χ1v) is 6.55. The molecule has 0 amide bonds. The lowest BCUT2D eigenvalue weighted by Gasteiger charge is -2.26. The van der Waals surface area contributed by atoms with Gasteiger partial charge in [-0.15, -0.1) is 0 Å². The van der Waals surface area contributed by atoms with Crippen molar-refractivity contribution in [3.8, 4) is 0 Å². The molecule has 0 aliphatic carbocycles. The van der Waals surface area contributed by atoms with Crippen LogP contribution in [0.25, 0.3) is 10.9 Å². The number of aliphatic carboxylic acids is 1. The Morgan fingerprint density at radius 1 is 1.30 bits per heavy atom. The fourth-order valence-electron chi connectivity index (χ4n) is 2.09. The number of aromatic nitrogens is 1. The van der Waals surface area contributed by atoms with Crippen molar-refractivity contribution in [2.75, 3.05) is 0 Å². The molecule has 2 aromatic rings. The third kappa shape index (κ3) is 3.14. The molecule has 0 bridgehead atoms. The summed E-state index contributed by atoms with van der Waals surface area (Å²) in [5.74, 6) is -1.000. The monoisotopic (exact) mass is 273 g/mol. The molecule has 0 aliphatic heterocycles. The van der Waals surface area contributed by atoms with Crippen LogP contribution >= 0.6 is 0 Å². The number of carboxylic acid groups (broad SMARTS) is 1. The van der Waals surface area contributed by atoms with Crippen LogP contribution in [0, 0.1) is 6.92 Å². The zero-order valence-electron chi connectivity index (χ0n) is 12.2. The van der Waals surface area contributed by atoms with Crippen molar-refractivity contribution in [1.29, 1.82) is 0 Å². The van der Waals surface area contributed by atoms with Crippen molar-refractivity contribution in [3.05, 3.63) is 41.6 Å². The first kappa shape index (κ1) is 14.5. The van der Waals surface area contributed by atoms with Crippen molar-refractivity contribution in [2.24, 2.45) is 0 Å². The lowest BCUT2D eigenvalue weighted by molar-refractivity contribution is -0.160. The zero-order valence-corrected chi connectivity index (χ0v) is 12.2. The number of para-hydroxylation sites is 1. The van der Waals surface area contributed by atoms with Crippen molar-refractivity contribution >= 4 is 16.9 Å². The summed E-state index contributed by atoms with van der Waals surface area (Å²) in [7, 11) is 0. The second-order valence-electron chi connectivity index (χ2n) is 5.80. The third-order valence-corrected chi connectivity index (χ3v) is 2.93. The normalized spacial score (nSPS) is 13.4. The van der Waals surface area contributed by atoms with E-state index in [9.17, 15) is 9.90 Å². The van der Waals surface area contributed by atoms with Crippen LogP contribution in [0.15, 0.2) is 30.3 Å². The molecule has 0 unspecified atom stereocenters. The van der Waals surface area contributed by atoms with Gasteiger partial charge in [-0.3, -0.25) is 4.98 Å². The number of aryl methyl sites for hydroxylation is 1. The standard InChI is InChI=1S/C16H19NO3/c1-10-12(14(15(18)19)20-16(2,3)4)9-11-7-5-6-8-13(11)17-10/h5-9,14H,1-4H3,(H,18,19)/t14-/m0/s1. The van der Waals surface area contributed by atoms with Gasteiger partial charge in [-0.2, -0.15) is 0 Å². The number of hydrogen-bond acceptors (Lipinski definition) is 3. The van der Waals surface area contributed by atoms with Gasteiger partial charge in [-0.1, -0.05) is 18.2 Å². The molecule has 0 saturated heterocycles. The number of pyridine rings is 1. The van der Waals surface area contributed by atoms with E-state index in [4.69, 9.17) is 4.74 Å². The van der Waals surface area contributed by atoms with Gasteiger partial charge in [0, 0.05) is 16.6 Å². The van der Waals surface area contributed by atoms with Crippen LogP contribution in [-0.2, 0) is 9.53 Å². The molecule has 106 valence electrons. The van der Waals surface area contributed by atoms with E-state index in [1.54, 1.807) is 0 Å². The van der Waals surface area contributed by atoms with Gasteiger partial charge in [0.25, 0.3) is 0 Å². The molecule has 1 N–H and O–H groups in total. The van der Waals surface area contributed by atoms with E-state index in [1.807, 2.05) is 58.0 Å². The second-order valence-corrected chi connectivity index (χ2v) is 5.80. The maximum absolute atomic E-state index is 11.5. The predicted molar refractivity (Wildman–Crippen MR) is 77.7 cm³/mol. The second kappa shape index (κ2) is 5.21. The minimum atomic E-state index is -1.01. The van der Waals surface area contributed by atoms with Crippen molar-refractivity contribution in [2.45, 2.75) is 39.4 Å². The fourth-order valence-corrected chi connectivity index (χ4v) is 2.09. The Bertz CT molecular complexity index is 644. The van der Waals surface area contributed by atoms with Crippen LogP contribution in [0.2, 0.25) is 0 Å². The summed E-state index contributed by atoms with van der Waals surface area (Å²) in [5, 5.41) is 10.3. The number of rotatable bonds is 3. The number of nitrogens with zero attached hydrogens (tertiary/aromatic N) is 1. The van der Waals surface area contributed by atoms with Crippen molar-refractivity contribution in [1.82, 2.24) is 4.98 Å². The average molecular weight is 273 g/mol. The quantitative estimate of drug-likeness (QED) is 0.930. The van der Waals surface area contributed by atoms with Crippen LogP contribution < -0.4 is 0 Å². The highest BCUT2D eigenvalue weighted by atomic mass is 16.5. The van der Waals surface area contributed by atoms with E-state index in [0.29, 0.717) is 11.3 Å². The maximum atomic E-state index is 11.5. The average Bonchev–Trinajstić information content (AvgIpc) is 2.34. The molecule has 0 spiro atoms. The molecule has 4 heteroatoms. The number of carboxylic acids is 1. The molecule has 0 aliphatic rings. The Labute approximate surface area is 118 Å². The number of ether oxygens (including phenoxy) is 1. The van der Waals surface area contributed by atoms with Crippen LogP contribution in [-0.4, -0.2) is 21.7 Å². The molecule has 20 heavy (non-hydrogen) atoms. The van der Waals surface area contributed by atoms with E-state index in [-0.39, 0.29) is 0 Å². The van der Waals surface area contributed by atoms with Gasteiger partial charge in [0.2, 0.25) is 0 Å². The van der Waals surface area contributed by atoms with E-state index < -0.39 is 17.7 Å². The van der Waals surface area contributed by atoms with E-state index in [0.717, 1.165) is 10.9 Å². The minimum absolute atomic E-state index is 0.541. The van der Waals surface area contributed by atoms with Gasteiger partial charge in [0.15, 0.2) is 6.10 Å². The fraction of sp³-hybridized carbons (Fsp3) is 0.375. The molecular weight excluding hydrogens is 254 g/mol. The molecular formula is C16H19NO3. The summed E-state index contributed by atoms with van der Waals surface area (Å²) in [6.45, 7) is 7.33. The van der Waals surface area contributed by atoms with Crippen LogP contribution in [0.5, 0.6) is 0 Å². The summed E-state index contributed by atoms with van der Waals surface area (Å²) in [4.78, 5) is 16.0. The van der Waals surface area contributed by atoms with E-state index in [1.165, 1.54) is 0 Å². The van der Waals surface area contributed by atoms with Gasteiger partial charge >= 0.3 is 5.97 Å². The third-order valence-electron chi connectivity index (χ3n) is 2.93. The van der Waals surface area contributed by atoms with E-state index in [2.05, 4.69) is 4.98 Å². The molecule has 0 fully saturated rings. The Hall–Kier alpha value is -1.94. The largest absolute Gasteiger partial charge is 0.479 e. The van der Waals surface area contributed by atoms with Gasteiger partial charge in [0.05, 0.1) is 11.1 Å². The van der Waals surface area contributed by atoms with Gasteiger partial charge < -0.3 is 9.84 Å². The number of hydrogen-bond donors (Lipinski definition) is 1. The summed E-state index contributed by atoms with van der Waals surface area (Å²) < 4.78 is 5.68. The highest BCUT2D eigenvalue weighted by molar-refractivity contribution is 5.82. The molecule has 0 saturated carbocycles. The highest BCUT2D eigenvalue weighted by Crippen LogP contribution is 2.28. The van der Waals surface area contributed by atoms with E-state index >= 15 is 0 Å². The van der Waals surface area contributed by atoms with Crippen LogP contribution in [0.1, 0.15) is 38.1 Å². The molecule has 2 rings (SSSR count). The first-order valence-electron chi connectivity index (χ1n) is 6.55. The van der Waals surface area contributed by atoms with Gasteiger partial charge in [-0.05, 0) is 39.8 Å². The zero-order chi connectivity index (χ0) is 14.9. The van der Waals surface area contributed by atoms with Crippen molar-refractivity contribution < 1.29 is 14.6 Å². The van der Waals surface area contributed by atoms with Gasteiger partial charge in [-0.25, -0.2) is 4.79 Å².